The molecule has 1 aromatic rings. The van der Waals surface area contributed by atoms with Gasteiger partial charge in [-0.05, 0) is 0 Å². The first-order valence-electron chi connectivity index (χ1n) is 3.74. The highest BCUT2D eigenvalue weighted by molar-refractivity contribution is 6.32. The highest BCUT2D eigenvalue weighted by atomic mass is 35.5. The van der Waals surface area contributed by atoms with Crippen molar-refractivity contribution in [2.24, 2.45) is 0 Å². The van der Waals surface area contributed by atoms with Crippen molar-refractivity contribution in [1.82, 2.24) is 0 Å². The molecule has 5 heteroatoms. The van der Waals surface area contributed by atoms with Gasteiger partial charge >= 0.3 is 0 Å². The van der Waals surface area contributed by atoms with Gasteiger partial charge in [-0.2, -0.15) is 0 Å². The van der Waals surface area contributed by atoms with E-state index in [0.29, 0.717) is 12.0 Å². The van der Waals surface area contributed by atoms with Gasteiger partial charge in [-0.3, -0.25) is 4.79 Å². The molecular weight excluding hydrogens is 208 g/mol. The number of hydrogen-bond donors (Lipinski definition) is 1. The molecule has 4 nitrogen and oxygen atoms in total. The summed E-state index contributed by atoms with van der Waals surface area (Å²) in [5.74, 6) is 0.168. The molecule has 0 aliphatic heterocycles. The van der Waals surface area contributed by atoms with E-state index in [0.717, 1.165) is 0 Å². The third kappa shape index (κ3) is 1.61. The van der Waals surface area contributed by atoms with Crippen LogP contribution in [-0.4, -0.2) is 25.6 Å². The van der Waals surface area contributed by atoms with Gasteiger partial charge in [-0.1, -0.05) is 11.6 Å². The van der Waals surface area contributed by atoms with E-state index in [4.69, 9.17) is 21.1 Å². The Labute approximate surface area is 86.0 Å². The molecule has 0 unspecified atom stereocenters. The van der Waals surface area contributed by atoms with E-state index in [1.54, 1.807) is 0 Å². The summed E-state index contributed by atoms with van der Waals surface area (Å²) >= 11 is 5.66. The van der Waals surface area contributed by atoms with E-state index in [9.17, 15) is 9.90 Å². The van der Waals surface area contributed by atoms with Crippen LogP contribution in [0.3, 0.4) is 0 Å². The van der Waals surface area contributed by atoms with Gasteiger partial charge in [-0.25, -0.2) is 0 Å². The lowest BCUT2D eigenvalue weighted by Crippen LogP contribution is -1.96. The minimum atomic E-state index is -0.306. The molecule has 0 fully saturated rings. The second-order valence-corrected chi connectivity index (χ2v) is 2.88. The van der Waals surface area contributed by atoms with E-state index in [1.807, 2.05) is 0 Å². The molecule has 1 aromatic carbocycles. The fourth-order valence-corrected chi connectivity index (χ4v) is 1.29. The van der Waals surface area contributed by atoms with Crippen LogP contribution in [0.2, 0.25) is 5.02 Å². The van der Waals surface area contributed by atoms with Crippen molar-refractivity contribution >= 4 is 17.9 Å². The summed E-state index contributed by atoms with van der Waals surface area (Å²) < 4.78 is 9.85. The number of methoxy groups -OCH3 is 2. The fourth-order valence-electron chi connectivity index (χ4n) is 1.09. The molecule has 0 aromatic heterocycles. The summed E-state index contributed by atoms with van der Waals surface area (Å²) in [5.41, 5.74) is -0.0168. The molecule has 0 radical (unpaired) electrons. The summed E-state index contributed by atoms with van der Waals surface area (Å²) in [5, 5.41) is 9.48. The molecule has 0 aliphatic rings. The Kier molecular flexibility index (Phi) is 3.19. The zero-order valence-corrected chi connectivity index (χ0v) is 8.46. The van der Waals surface area contributed by atoms with Crippen LogP contribution in [0.15, 0.2) is 6.07 Å². The first kappa shape index (κ1) is 10.7. The zero-order valence-electron chi connectivity index (χ0n) is 7.70. The molecule has 0 atom stereocenters. The molecule has 1 rings (SSSR count). The normalized spacial score (nSPS) is 9.64. The Bertz CT molecular complexity index is 362. The van der Waals surface area contributed by atoms with Crippen LogP contribution in [0, 0.1) is 0 Å². The standard InChI is InChI=1S/C9H9ClO4/c1-13-7-3-6(10)8(12)5(4-11)9(7)14-2/h3-4,12H,1-2H3. The maximum atomic E-state index is 10.7. The van der Waals surface area contributed by atoms with Crippen molar-refractivity contribution < 1.29 is 19.4 Å². The number of halogens is 1. The second kappa shape index (κ2) is 4.19. The Morgan fingerprint density at radius 2 is 2.07 bits per heavy atom. The molecule has 0 saturated carbocycles. The number of carbonyl (C=O) groups excluding carboxylic acids is 1. The van der Waals surface area contributed by atoms with Gasteiger partial charge in [0.05, 0.1) is 19.2 Å². The molecule has 0 spiro atoms. The maximum absolute atomic E-state index is 10.7. The van der Waals surface area contributed by atoms with Gasteiger partial charge in [0.15, 0.2) is 17.8 Å². The molecular formula is C9H9ClO4. The SMILES string of the molecule is COc1cc(Cl)c(O)c(C=O)c1OC. The van der Waals surface area contributed by atoms with E-state index in [2.05, 4.69) is 0 Å². The van der Waals surface area contributed by atoms with Crippen LogP contribution in [0.1, 0.15) is 10.4 Å². The number of hydrogen-bond acceptors (Lipinski definition) is 4. The van der Waals surface area contributed by atoms with Gasteiger partial charge in [0.2, 0.25) is 0 Å². The Hall–Kier alpha value is -1.42. The van der Waals surface area contributed by atoms with Crippen molar-refractivity contribution in [2.45, 2.75) is 0 Å². The largest absolute Gasteiger partial charge is 0.505 e. The van der Waals surface area contributed by atoms with Crippen LogP contribution in [0.25, 0.3) is 0 Å². The number of aromatic hydroxyl groups is 1. The lowest BCUT2D eigenvalue weighted by Gasteiger charge is -2.11. The lowest BCUT2D eigenvalue weighted by atomic mass is 10.2. The molecule has 1 N–H and O–H groups in total. The molecule has 14 heavy (non-hydrogen) atoms. The van der Waals surface area contributed by atoms with E-state index in [-0.39, 0.29) is 22.1 Å². The number of benzene rings is 1. The summed E-state index contributed by atoms with van der Waals surface area (Å²) in [6, 6.07) is 1.38. The van der Waals surface area contributed by atoms with Crippen molar-refractivity contribution in [1.29, 1.82) is 0 Å². The van der Waals surface area contributed by atoms with E-state index in [1.165, 1.54) is 20.3 Å². The van der Waals surface area contributed by atoms with E-state index >= 15 is 0 Å². The van der Waals surface area contributed by atoms with Crippen LogP contribution in [0.4, 0.5) is 0 Å². The number of rotatable bonds is 3. The highest BCUT2D eigenvalue weighted by Crippen LogP contribution is 2.40. The van der Waals surface area contributed by atoms with Crippen LogP contribution >= 0.6 is 11.6 Å². The molecule has 0 aliphatic carbocycles. The summed E-state index contributed by atoms with van der Waals surface area (Å²) in [6.07, 6.45) is 0.461. The van der Waals surface area contributed by atoms with Gasteiger partial charge in [0, 0.05) is 6.07 Å². The number of phenolic OH excluding ortho intramolecular Hbond substituents is 1. The third-order valence-corrected chi connectivity index (χ3v) is 2.04. The minimum absolute atomic E-state index is 0.0168. The average molecular weight is 217 g/mol. The molecule has 0 bridgehead atoms. The van der Waals surface area contributed by atoms with Crippen LogP contribution < -0.4 is 9.47 Å². The van der Waals surface area contributed by atoms with Crippen molar-refractivity contribution in [3.8, 4) is 17.2 Å². The molecule has 0 saturated heterocycles. The van der Waals surface area contributed by atoms with Gasteiger partial charge in [0.25, 0.3) is 0 Å². The first-order valence-corrected chi connectivity index (χ1v) is 4.12. The number of aldehydes is 1. The third-order valence-electron chi connectivity index (χ3n) is 1.75. The smallest absolute Gasteiger partial charge is 0.175 e. The zero-order chi connectivity index (χ0) is 10.7. The summed E-state index contributed by atoms with van der Waals surface area (Å²) in [4.78, 5) is 10.7. The van der Waals surface area contributed by atoms with Crippen molar-refractivity contribution in [2.75, 3.05) is 14.2 Å². The second-order valence-electron chi connectivity index (χ2n) is 2.47. The van der Waals surface area contributed by atoms with Crippen molar-refractivity contribution in [3.63, 3.8) is 0 Å². The molecule has 0 heterocycles. The summed E-state index contributed by atoms with van der Waals surface area (Å²) in [7, 11) is 2.79. The van der Waals surface area contributed by atoms with Crippen LogP contribution in [-0.2, 0) is 0 Å². The predicted molar refractivity (Wildman–Crippen MR) is 51.6 cm³/mol. The first-order chi connectivity index (χ1) is 6.65. The fraction of sp³-hybridized carbons (Fsp3) is 0.222. The quantitative estimate of drug-likeness (QED) is 0.784. The Morgan fingerprint density at radius 1 is 1.43 bits per heavy atom. The van der Waals surface area contributed by atoms with Gasteiger partial charge < -0.3 is 14.6 Å². The van der Waals surface area contributed by atoms with Crippen LogP contribution in [0.5, 0.6) is 17.2 Å². The Morgan fingerprint density at radius 3 is 2.50 bits per heavy atom. The number of ether oxygens (including phenoxy) is 2. The topological polar surface area (TPSA) is 55.8 Å². The average Bonchev–Trinajstić information content (AvgIpc) is 2.20. The monoisotopic (exact) mass is 216 g/mol. The van der Waals surface area contributed by atoms with E-state index < -0.39 is 0 Å². The van der Waals surface area contributed by atoms with Crippen molar-refractivity contribution in [3.05, 3.63) is 16.7 Å². The molecule has 0 amide bonds. The minimum Gasteiger partial charge on any atom is -0.505 e. The Balaban J connectivity index is 3.49. The van der Waals surface area contributed by atoms with Gasteiger partial charge in [0.1, 0.15) is 11.3 Å². The number of phenols is 1. The number of carbonyl (C=O) groups is 1. The molecule has 76 valence electrons. The maximum Gasteiger partial charge on any atom is 0.175 e. The predicted octanol–water partition coefficient (Wildman–Crippen LogP) is 1.88. The summed E-state index contributed by atoms with van der Waals surface area (Å²) in [6.45, 7) is 0. The lowest BCUT2D eigenvalue weighted by molar-refractivity contribution is 0.111. The van der Waals surface area contributed by atoms with Gasteiger partial charge in [-0.15, -0.1) is 0 Å². The highest BCUT2D eigenvalue weighted by Gasteiger charge is 2.17.